The molecule has 0 spiro atoms. The maximum absolute atomic E-state index is 13.2. The van der Waals surface area contributed by atoms with E-state index in [1.165, 1.54) is 23.9 Å². The molecule has 0 fully saturated rings. The summed E-state index contributed by atoms with van der Waals surface area (Å²) in [7, 11) is -3.83. The number of nitrogens with one attached hydrogen (secondary N) is 2. The Morgan fingerprint density at radius 3 is 2.46 bits per heavy atom. The first kappa shape index (κ1) is 19.8. The van der Waals surface area contributed by atoms with Gasteiger partial charge in [0.15, 0.2) is 0 Å². The lowest BCUT2D eigenvalue weighted by molar-refractivity contribution is 0.598. The fraction of sp³-hybridized carbons (Fsp3) is 0.190. The van der Waals surface area contributed by atoms with Gasteiger partial charge in [0.05, 0.1) is 16.8 Å². The summed E-state index contributed by atoms with van der Waals surface area (Å²) in [6.45, 7) is 5.66. The minimum absolute atomic E-state index is 0.0311. The van der Waals surface area contributed by atoms with Crippen molar-refractivity contribution in [1.29, 1.82) is 0 Å². The van der Waals surface area contributed by atoms with E-state index in [4.69, 9.17) is 0 Å². The summed E-state index contributed by atoms with van der Waals surface area (Å²) in [5.41, 5.74) is 3.96. The summed E-state index contributed by atoms with van der Waals surface area (Å²) in [5.74, 6) is 0.140. The summed E-state index contributed by atoms with van der Waals surface area (Å²) in [6.07, 6.45) is 2.33. The molecule has 0 bridgehead atoms. The normalized spacial score (nSPS) is 11.3. The molecule has 0 aliphatic carbocycles. The second kappa shape index (κ2) is 7.98. The monoisotopic (exact) mass is 399 g/mol. The molecule has 5 nitrogen and oxygen atoms in total. The van der Waals surface area contributed by atoms with Crippen LogP contribution in [0.25, 0.3) is 0 Å². The molecule has 28 heavy (non-hydrogen) atoms. The van der Waals surface area contributed by atoms with Gasteiger partial charge in [-0.2, -0.15) is 0 Å². The molecule has 0 aliphatic heterocycles. The molecule has 146 valence electrons. The number of pyridine rings is 1. The SMILES string of the molecule is CCc1cccc(C)c1Nc1ccc(NS(=O)(=O)c2ccc(F)cc2C)cn1. The van der Waals surface area contributed by atoms with E-state index in [-0.39, 0.29) is 4.90 Å². The third-order valence-electron chi connectivity index (χ3n) is 4.44. The highest BCUT2D eigenvalue weighted by atomic mass is 32.2. The van der Waals surface area contributed by atoms with Gasteiger partial charge < -0.3 is 5.32 Å². The van der Waals surface area contributed by atoms with Crippen LogP contribution in [0.5, 0.6) is 0 Å². The molecule has 3 rings (SSSR count). The van der Waals surface area contributed by atoms with Gasteiger partial charge in [-0.15, -0.1) is 0 Å². The number of hydrogen-bond acceptors (Lipinski definition) is 4. The summed E-state index contributed by atoms with van der Waals surface area (Å²) < 4.78 is 40.8. The van der Waals surface area contributed by atoms with E-state index >= 15 is 0 Å². The molecule has 0 unspecified atom stereocenters. The molecule has 2 aromatic carbocycles. The molecule has 0 saturated heterocycles. The van der Waals surface area contributed by atoms with Crippen LogP contribution in [-0.4, -0.2) is 13.4 Å². The quantitative estimate of drug-likeness (QED) is 0.616. The van der Waals surface area contributed by atoms with Crippen molar-refractivity contribution in [3.05, 3.63) is 77.2 Å². The lowest BCUT2D eigenvalue weighted by atomic mass is 10.1. The van der Waals surface area contributed by atoms with Crippen LogP contribution in [0.4, 0.5) is 21.6 Å². The van der Waals surface area contributed by atoms with Crippen LogP contribution in [0.15, 0.2) is 59.6 Å². The minimum Gasteiger partial charge on any atom is -0.340 e. The fourth-order valence-corrected chi connectivity index (χ4v) is 4.25. The highest BCUT2D eigenvalue weighted by Crippen LogP contribution is 2.25. The van der Waals surface area contributed by atoms with Crippen LogP contribution >= 0.6 is 0 Å². The van der Waals surface area contributed by atoms with Crippen LogP contribution in [-0.2, 0) is 16.4 Å². The first-order valence-electron chi connectivity index (χ1n) is 8.90. The summed E-state index contributed by atoms with van der Waals surface area (Å²) >= 11 is 0. The zero-order valence-electron chi connectivity index (χ0n) is 16.0. The van der Waals surface area contributed by atoms with Gasteiger partial charge in [0, 0.05) is 5.69 Å². The molecular formula is C21H22FN3O2S. The van der Waals surface area contributed by atoms with Crippen LogP contribution in [0.3, 0.4) is 0 Å². The Hall–Kier alpha value is -2.93. The summed E-state index contributed by atoms with van der Waals surface area (Å²) in [6, 6.07) is 13.0. The van der Waals surface area contributed by atoms with E-state index in [9.17, 15) is 12.8 Å². The maximum Gasteiger partial charge on any atom is 0.262 e. The maximum atomic E-state index is 13.2. The van der Waals surface area contributed by atoms with E-state index in [0.29, 0.717) is 17.1 Å². The van der Waals surface area contributed by atoms with Crippen molar-refractivity contribution in [2.75, 3.05) is 10.0 Å². The Bertz CT molecular complexity index is 1100. The van der Waals surface area contributed by atoms with Gasteiger partial charge in [-0.05, 0) is 67.3 Å². The minimum atomic E-state index is -3.83. The molecular weight excluding hydrogens is 377 g/mol. The summed E-state index contributed by atoms with van der Waals surface area (Å²) in [4.78, 5) is 4.34. The number of para-hydroxylation sites is 1. The van der Waals surface area contributed by atoms with Crippen molar-refractivity contribution < 1.29 is 12.8 Å². The first-order valence-corrected chi connectivity index (χ1v) is 10.4. The third-order valence-corrected chi connectivity index (χ3v) is 5.98. The first-order chi connectivity index (χ1) is 13.3. The third kappa shape index (κ3) is 4.31. The van der Waals surface area contributed by atoms with E-state index in [0.717, 1.165) is 23.7 Å². The van der Waals surface area contributed by atoms with Crippen LogP contribution < -0.4 is 10.0 Å². The molecule has 0 radical (unpaired) electrons. The van der Waals surface area contributed by atoms with Crippen molar-refractivity contribution in [3.8, 4) is 0 Å². The van der Waals surface area contributed by atoms with Gasteiger partial charge >= 0.3 is 0 Å². The van der Waals surface area contributed by atoms with Crippen molar-refractivity contribution in [3.63, 3.8) is 0 Å². The smallest absolute Gasteiger partial charge is 0.262 e. The molecule has 0 aliphatic rings. The standard InChI is InChI=1S/C21H22FN3O2S/c1-4-16-7-5-6-14(2)21(16)24-20-11-9-18(13-23-20)25-28(26,27)19-10-8-17(22)12-15(19)3/h5-13,25H,4H2,1-3H3,(H,23,24). The summed E-state index contributed by atoms with van der Waals surface area (Å²) in [5, 5.41) is 3.30. The number of nitrogens with zero attached hydrogens (tertiary/aromatic N) is 1. The number of halogens is 1. The van der Waals surface area contributed by atoms with E-state index in [2.05, 4.69) is 28.0 Å². The zero-order valence-corrected chi connectivity index (χ0v) is 16.8. The van der Waals surface area contributed by atoms with Crippen LogP contribution in [0.2, 0.25) is 0 Å². The van der Waals surface area contributed by atoms with Crippen molar-refractivity contribution in [2.45, 2.75) is 32.1 Å². The van der Waals surface area contributed by atoms with Gasteiger partial charge in [-0.25, -0.2) is 17.8 Å². The second-order valence-electron chi connectivity index (χ2n) is 6.54. The number of benzene rings is 2. The molecule has 2 N–H and O–H groups in total. The predicted octanol–water partition coefficient (Wildman–Crippen LogP) is 4.94. The fourth-order valence-electron chi connectivity index (χ4n) is 2.98. The van der Waals surface area contributed by atoms with Gasteiger partial charge in [-0.1, -0.05) is 25.1 Å². The predicted molar refractivity (Wildman–Crippen MR) is 110 cm³/mol. The number of sulfonamides is 1. The number of hydrogen-bond donors (Lipinski definition) is 2. The van der Waals surface area contributed by atoms with Crippen molar-refractivity contribution in [1.82, 2.24) is 4.98 Å². The van der Waals surface area contributed by atoms with Crippen molar-refractivity contribution >= 4 is 27.2 Å². The Balaban J connectivity index is 1.80. The highest BCUT2D eigenvalue weighted by molar-refractivity contribution is 7.92. The van der Waals surface area contributed by atoms with E-state index in [1.54, 1.807) is 19.1 Å². The molecule has 7 heteroatoms. The van der Waals surface area contributed by atoms with Crippen LogP contribution in [0, 0.1) is 19.7 Å². The Kier molecular flexibility index (Phi) is 5.65. The number of aromatic nitrogens is 1. The Labute approximate surface area is 164 Å². The lowest BCUT2D eigenvalue weighted by Gasteiger charge is -2.14. The van der Waals surface area contributed by atoms with Gasteiger partial charge in [0.2, 0.25) is 0 Å². The molecule has 3 aromatic rings. The zero-order chi connectivity index (χ0) is 20.3. The second-order valence-corrected chi connectivity index (χ2v) is 8.19. The van der Waals surface area contributed by atoms with Gasteiger partial charge in [-0.3, -0.25) is 4.72 Å². The van der Waals surface area contributed by atoms with Crippen molar-refractivity contribution in [2.24, 2.45) is 0 Å². The van der Waals surface area contributed by atoms with Gasteiger partial charge in [0.1, 0.15) is 11.6 Å². The molecule has 1 heterocycles. The van der Waals surface area contributed by atoms with Gasteiger partial charge in [0.25, 0.3) is 10.0 Å². The van der Waals surface area contributed by atoms with E-state index < -0.39 is 15.8 Å². The number of aryl methyl sites for hydroxylation is 3. The molecule has 0 amide bonds. The number of rotatable bonds is 6. The molecule has 1 aromatic heterocycles. The topological polar surface area (TPSA) is 71.1 Å². The van der Waals surface area contributed by atoms with Crippen LogP contribution in [0.1, 0.15) is 23.6 Å². The Morgan fingerprint density at radius 2 is 1.82 bits per heavy atom. The lowest BCUT2D eigenvalue weighted by Crippen LogP contribution is -2.14. The number of anilines is 3. The Morgan fingerprint density at radius 1 is 1.04 bits per heavy atom. The largest absolute Gasteiger partial charge is 0.340 e. The highest BCUT2D eigenvalue weighted by Gasteiger charge is 2.17. The van der Waals surface area contributed by atoms with E-state index in [1.807, 2.05) is 19.1 Å². The average Bonchev–Trinajstić information content (AvgIpc) is 2.64. The average molecular weight is 399 g/mol. The molecule has 0 saturated carbocycles. The molecule has 0 atom stereocenters.